The van der Waals surface area contributed by atoms with Gasteiger partial charge in [-0.1, -0.05) is 0 Å². The zero-order valence-corrected chi connectivity index (χ0v) is 20.3. The van der Waals surface area contributed by atoms with E-state index in [1.807, 2.05) is 29.2 Å². The lowest BCUT2D eigenvalue weighted by atomic mass is 10.0. The number of ether oxygens (including phenoxy) is 1. The van der Waals surface area contributed by atoms with Gasteiger partial charge in [-0.25, -0.2) is 4.98 Å². The van der Waals surface area contributed by atoms with Gasteiger partial charge < -0.3 is 14.5 Å². The summed E-state index contributed by atoms with van der Waals surface area (Å²) in [6.07, 6.45) is 9.75. The molecule has 0 saturated carbocycles. The van der Waals surface area contributed by atoms with Gasteiger partial charge in [0.1, 0.15) is 22.9 Å². The molecule has 3 atom stereocenters. The number of carbonyl (C=O) groups excluding carboxylic acids is 1. The lowest BCUT2D eigenvalue weighted by molar-refractivity contribution is 0.0661. The first kappa shape index (κ1) is 21.8. The van der Waals surface area contributed by atoms with Crippen LogP contribution in [0.4, 0.5) is 0 Å². The van der Waals surface area contributed by atoms with E-state index in [4.69, 9.17) is 4.74 Å². The van der Waals surface area contributed by atoms with Crippen molar-refractivity contribution < 1.29 is 9.53 Å². The van der Waals surface area contributed by atoms with E-state index in [0.29, 0.717) is 27.2 Å². The molecule has 1 amide bonds. The van der Waals surface area contributed by atoms with Crippen molar-refractivity contribution in [1.29, 1.82) is 0 Å². The number of likely N-dealkylation sites (tertiary alicyclic amines) is 1. The highest BCUT2D eigenvalue weighted by Gasteiger charge is 2.39. The van der Waals surface area contributed by atoms with E-state index in [-0.39, 0.29) is 17.6 Å². The van der Waals surface area contributed by atoms with Crippen molar-refractivity contribution in [2.45, 2.75) is 63.1 Å². The number of benzene rings is 1. The molecule has 3 aromatic rings. The van der Waals surface area contributed by atoms with Gasteiger partial charge in [-0.05, 0) is 82.3 Å². The zero-order valence-electron chi connectivity index (χ0n) is 19.5. The van der Waals surface area contributed by atoms with Crippen LogP contribution in [-0.4, -0.2) is 63.6 Å². The van der Waals surface area contributed by atoms with Gasteiger partial charge in [0.25, 0.3) is 11.5 Å². The summed E-state index contributed by atoms with van der Waals surface area (Å²) in [6, 6.07) is 10.7. The fraction of sp³-hybridized carbons (Fsp3) is 0.500. The quantitative estimate of drug-likeness (QED) is 0.565. The standard InChI is InChI=1S/C26H30N4O3S/c1-28-18-5-6-19(28)14-21(13-18)33-20-9-7-17(8-10-20)30-16-27-22-15-23(34-24(22)26(30)32)25(31)29-11-3-2-4-12-29/h7-10,15-16,18-19,21H,2-6,11-14H2,1H3/t18-,19+,21+. The van der Waals surface area contributed by atoms with E-state index in [2.05, 4.69) is 16.9 Å². The molecule has 3 aliphatic heterocycles. The van der Waals surface area contributed by atoms with Crippen LogP contribution in [0, 0.1) is 0 Å². The van der Waals surface area contributed by atoms with Gasteiger partial charge in [0, 0.05) is 25.2 Å². The molecule has 0 radical (unpaired) electrons. The Morgan fingerprint density at radius 3 is 2.47 bits per heavy atom. The van der Waals surface area contributed by atoms with Crippen LogP contribution in [0.5, 0.6) is 5.75 Å². The third-order valence-corrected chi connectivity index (χ3v) is 8.86. The largest absolute Gasteiger partial charge is 0.490 e. The van der Waals surface area contributed by atoms with Crippen LogP contribution < -0.4 is 10.3 Å². The van der Waals surface area contributed by atoms with Crippen LogP contribution in [0.25, 0.3) is 15.9 Å². The van der Waals surface area contributed by atoms with E-state index in [9.17, 15) is 9.59 Å². The number of fused-ring (bicyclic) bond motifs is 3. The fourth-order valence-electron chi connectivity index (χ4n) is 5.79. The van der Waals surface area contributed by atoms with E-state index in [0.717, 1.165) is 50.2 Å². The minimum Gasteiger partial charge on any atom is -0.490 e. The lowest BCUT2D eigenvalue weighted by Crippen LogP contribution is -2.43. The van der Waals surface area contributed by atoms with Crippen molar-refractivity contribution in [2.24, 2.45) is 0 Å². The number of hydrogen-bond acceptors (Lipinski definition) is 6. The van der Waals surface area contributed by atoms with E-state index in [1.54, 1.807) is 17.0 Å². The first-order valence-corrected chi connectivity index (χ1v) is 13.2. The Kier molecular flexibility index (Phi) is 5.65. The predicted octanol–water partition coefficient (Wildman–Crippen LogP) is 4.08. The Hall–Kier alpha value is -2.71. The third-order valence-electron chi connectivity index (χ3n) is 7.76. The molecule has 8 heteroatoms. The average molecular weight is 479 g/mol. The zero-order chi connectivity index (χ0) is 23.2. The van der Waals surface area contributed by atoms with Crippen molar-refractivity contribution in [3.05, 3.63) is 51.9 Å². The molecule has 3 aliphatic rings. The highest BCUT2D eigenvalue weighted by Crippen LogP contribution is 2.36. The molecular weight excluding hydrogens is 448 g/mol. The van der Waals surface area contributed by atoms with Gasteiger partial charge in [0.15, 0.2) is 0 Å². The van der Waals surface area contributed by atoms with Gasteiger partial charge in [0.2, 0.25) is 0 Å². The number of piperidine rings is 2. The Morgan fingerprint density at radius 1 is 1.06 bits per heavy atom. The first-order chi connectivity index (χ1) is 16.6. The Bertz CT molecular complexity index is 1250. The number of hydrogen-bond donors (Lipinski definition) is 0. The van der Waals surface area contributed by atoms with Crippen LogP contribution in [0.15, 0.2) is 41.5 Å². The van der Waals surface area contributed by atoms with Gasteiger partial charge >= 0.3 is 0 Å². The smallest absolute Gasteiger partial charge is 0.275 e. The minimum absolute atomic E-state index is 0.0116. The second-order valence-electron chi connectivity index (χ2n) is 9.85. The average Bonchev–Trinajstić information content (AvgIpc) is 3.37. The second-order valence-corrected chi connectivity index (χ2v) is 10.9. The Morgan fingerprint density at radius 2 is 1.76 bits per heavy atom. The second kappa shape index (κ2) is 8.82. The number of rotatable bonds is 4. The van der Waals surface area contributed by atoms with Gasteiger partial charge in [-0.2, -0.15) is 0 Å². The van der Waals surface area contributed by atoms with Crippen molar-refractivity contribution in [3.63, 3.8) is 0 Å². The van der Waals surface area contributed by atoms with Gasteiger partial charge in [0.05, 0.1) is 16.1 Å². The molecule has 3 saturated heterocycles. The molecule has 6 rings (SSSR count). The summed E-state index contributed by atoms with van der Waals surface area (Å²) >= 11 is 1.25. The summed E-state index contributed by atoms with van der Waals surface area (Å²) < 4.78 is 8.36. The molecule has 0 aliphatic carbocycles. The molecule has 0 N–H and O–H groups in total. The molecule has 0 spiro atoms. The van der Waals surface area contributed by atoms with Gasteiger partial charge in [-0.3, -0.25) is 14.2 Å². The van der Waals surface area contributed by atoms with Crippen molar-refractivity contribution in [2.75, 3.05) is 20.1 Å². The lowest BCUT2D eigenvalue weighted by Gasteiger charge is -2.36. The molecule has 5 heterocycles. The number of amides is 1. The number of nitrogens with zero attached hydrogens (tertiary/aromatic N) is 4. The highest BCUT2D eigenvalue weighted by atomic mass is 32.1. The van der Waals surface area contributed by atoms with Gasteiger partial charge in [-0.15, -0.1) is 11.3 Å². The van der Waals surface area contributed by atoms with E-state index in [1.165, 1.54) is 30.6 Å². The highest BCUT2D eigenvalue weighted by molar-refractivity contribution is 7.20. The van der Waals surface area contributed by atoms with Crippen LogP contribution >= 0.6 is 11.3 Å². The molecule has 0 unspecified atom stereocenters. The van der Waals surface area contributed by atoms with Crippen LogP contribution in [0.1, 0.15) is 54.6 Å². The molecule has 3 fully saturated rings. The number of aromatic nitrogens is 2. The predicted molar refractivity (Wildman–Crippen MR) is 133 cm³/mol. The summed E-state index contributed by atoms with van der Waals surface area (Å²) in [5.74, 6) is 0.850. The third kappa shape index (κ3) is 3.92. The van der Waals surface area contributed by atoms with E-state index < -0.39 is 0 Å². The molecular formula is C26H30N4O3S. The molecule has 1 aromatic carbocycles. The first-order valence-electron chi connectivity index (χ1n) is 12.4. The SMILES string of the molecule is CN1[C@@H]2CC[C@H]1C[C@@H](Oc1ccc(-n3cnc4cc(C(=O)N5CCCCC5)sc4c3=O)cc1)C2. The summed E-state index contributed by atoms with van der Waals surface area (Å²) in [6.45, 7) is 1.58. The maximum atomic E-state index is 13.2. The Balaban J connectivity index is 1.20. The minimum atomic E-state index is -0.145. The molecule has 34 heavy (non-hydrogen) atoms. The summed E-state index contributed by atoms with van der Waals surface area (Å²) in [5, 5.41) is 0. The maximum absolute atomic E-state index is 13.2. The number of thiophene rings is 1. The molecule has 2 aromatic heterocycles. The normalized spacial score (nSPS) is 25.1. The van der Waals surface area contributed by atoms with Crippen LogP contribution in [-0.2, 0) is 0 Å². The maximum Gasteiger partial charge on any atom is 0.275 e. The number of carbonyl (C=O) groups is 1. The molecule has 178 valence electrons. The van der Waals surface area contributed by atoms with E-state index >= 15 is 0 Å². The Labute approximate surface area is 203 Å². The fourth-order valence-corrected chi connectivity index (χ4v) is 6.80. The topological polar surface area (TPSA) is 67.7 Å². The van der Waals surface area contributed by atoms with Crippen molar-refractivity contribution >= 4 is 27.5 Å². The summed E-state index contributed by atoms with van der Waals surface area (Å²) in [4.78, 5) is 35.6. The monoisotopic (exact) mass is 478 g/mol. The van der Waals surface area contributed by atoms with Crippen molar-refractivity contribution in [3.8, 4) is 11.4 Å². The summed E-state index contributed by atoms with van der Waals surface area (Å²) in [7, 11) is 2.23. The van der Waals surface area contributed by atoms with Crippen LogP contribution in [0.3, 0.4) is 0 Å². The van der Waals surface area contributed by atoms with Crippen LogP contribution in [0.2, 0.25) is 0 Å². The summed E-state index contributed by atoms with van der Waals surface area (Å²) in [5.41, 5.74) is 1.18. The van der Waals surface area contributed by atoms with Crippen molar-refractivity contribution in [1.82, 2.24) is 19.4 Å². The molecule has 2 bridgehead atoms. The molecule has 7 nitrogen and oxygen atoms in total.